The zero-order chi connectivity index (χ0) is 21.0. The molecule has 0 saturated heterocycles. The lowest BCUT2D eigenvalue weighted by molar-refractivity contribution is -0.119. The zero-order valence-electron chi connectivity index (χ0n) is 17.1. The first kappa shape index (κ1) is 20.9. The van der Waals surface area contributed by atoms with Gasteiger partial charge >= 0.3 is 0 Å². The average molecular weight is 408 g/mol. The van der Waals surface area contributed by atoms with Crippen molar-refractivity contribution in [3.63, 3.8) is 0 Å². The molecule has 1 amide bonds. The molecular weight excluding hydrogens is 382 g/mol. The van der Waals surface area contributed by atoms with Crippen LogP contribution in [0.2, 0.25) is 0 Å². The van der Waals surface area contributed by atoms with E-state index < -0.39 is 0 Å². The number of aryl methyl sites for hydroxylation is 2. The van der Waals surface area contributed by atoms with Crippen LogP contribution in [0, 0.1) is 13.8 Å². The molecule has 2 aromatic carbocycles. The van der Waals surface area contributed by atoms with Crippen molar-refractivity contribution in [1.29, 1.82) is 0 Å². The van der Waals surface area contributed by atoms with Crippen LogP contribution >= 0.6 is 11.8 Å². The number of benzene rings is 2. The number of carbonyl (C=O) groups excluding carboxylic acids is 2. The summed E-state index contributed by atoms with van der Waals surface area (Å²) >= 11 is 1.43. The lowest BCUT2D eigenvalue weighted by Crippen LogP contribution is -2.23. The standard InChI is InChI=1S/C23H25N3O2S/c1-15-11-16(2)13-21(12-15)26-10-9-24-23(26)29-14-22(28)20-7-5-19(6-8-20)17(3)25-18(4)27/h5-13,17H,14H2,1-4H3,(H,25,27). The number of amides is 1. The molecule has 0 aliphatic heterocycles. The number of imidazole rings is 1. The summed E-state index contributed by atoms with van der Waals surface area (Å²) in [5, 5.41) is 3.63. The van der Waals surface area contributed by atoms with E-state index in [0.717, 1.165) is 16.4 Å². The molecule has 1 heterocycles. The second-order valence-electron chi connectivity index (χ2n) is 7.18. The van der Waals surface area contributed by atoms with E-state index in [9.17, 15) is 9.59 Å². The number of rotatable bonds is 7. The van der Waals surface area contributed by atoms with Crippen molar-refractivity contribution < 1.29 is 9.59 Å². The Morgan fingerprint density at radius 1 is 1.10 bits per heavy atom. The summed E-state index contributed by atoms with van der Waals surface area (Å²) in [5.41, 5.74) is 5.05. The molecule has 29 heavy (non-hydrogen) atoms. The molecule has 0 fully saturated rings. The molecule has 3 aromatic rings. The Labute approximate surface area is 175 Å². The topological polar surface area (TPSA) is 64.0 Å². The Kier molecular flexibility index (Phi) is 6.54. The van der Waals surface area contributed by atoms with E-state index >= 15 is 0 Å². The van der Waals surface area contributed by atoms with Crippen LogP contribution in [0.4, 0.5) is 0 Å². The van der Waals surface area contributed by atoms with E-state index in [4.69, 9.17) is 0 Å². The van der Waals surface area contributed by atoms with Crippen LogP contribution in [0.1, 0.15) is 46.9 Å². The van der Waals surface area contributed by atoms with Crippen LogP contribution in [0.5, 0.6) is 0 Å². The van der Waals surface area contributed by atoms with Gasteiger partial charge in [-0.3, -0.25) is 14.2 Å². The van der Waals surface area contributed by atoms with Gasteiger partial charge in [0.15, 0.2) is 10.9 Å². The molecule has 0 aliphatic carbocycles. The average Bonchev–Trinajstić information content (AvgIpc) is 3.13. The maximum absolute atomic E-state index is 12.6. The third-order valence-electron chi connectivity index (χ3n) is 4.58. The highest BCUT2D eigenvalue weighted by Crippen LogP contribution is 2.23. The number of thioether (sulfide) groups is 1. The van der Waals surface area contributed by atoms with E-state index in [1.807, 2.05) is 42.0 Å². The van der Waals surface area contributed by atoms with Gasteiger partial charge in [-0.15, -0.1) is 0 Å². The second-order valence-corrected chi connectivity index (χ2v) is 8.12. The third kappa shape index (κ3) is 5.35. The summed E-state index contributed by atoms with van der Waals surface area (Å²) in [6.07, 6.45) is 3.67. The van der Waals surface area contributed by atoms with Crippen molar-refractivity contribution in [2.75, 3.05) is 5.75 Å². The maximum Gasteiger partial charge on any atom is 0.217 e. The number of Topliss-reactive ketones (excluding diaryl/α,β-unsaturated/α-hetero) is 1. The molecule has 0 bridgehead atoms. The number of aromatic nitrogens is 2. The summed E-state index contributed by atoms with van der Waals surface area (Å²) in [4.78, 5) is 28.2. The Morgan fingerprint density at radius 2 is 1.76 bits per heavy atom. The second kappa shape index (κ2) is 9.09. The Balaban J connectivity index is 1.67. The molecule has 150 valence electrons. The minimum atomic E-state index is -0.0868. The van der Waals surface area contributed by atoms with Gasteiger partial charge in [-0.2, -0.15) is 0 Å². The van der Waals surface area contributed by atoms with E-state index in [1.54, 1.807) is 6.20 Å². The van der Waals surface area contributed by atoms with Crippen LogP contribution in [0.3, 0.4) is 0 Å². The summed E-state index contributed by atoms with van der Waals surface area (Å²) in [6.45, 7) is 7.55. The first-order chi connectivity index (χ1) is 13.8. The van der Waals surface area contributed by atoms with Crippen LogP contribution in [0.15, 0.2) is 60.0 Å². The number of hydrogen-bond donors (Lipinski definition) is 1. The van der Waals surface area contributed by atoms with Gasteiger partial charge in [-0.25, -0.2) is 4.98 Å². The molecule has 0 radical (unpaired) electrons. The minimum Gasteiger partial charge on any atom is -0.350 e. The monoisotopic (exact) mass is 407 g/mol. The van der Waals surface area contributed by atoms with Crippen LogP contribution < -0.4 is 5.32 Å². The summed E-state index contributed by atoms with van der Waals surface area (Å²) < 4.78 is 2.01. The summed E-state index contributed by atoms with van der Waals surface area (Å²) in [6, 6.07) is 13.7. The third-order valence-corrected chi connectivity index (χ3v) is 5.54. The van der Waals surface area contributed by atoms with Crippen molar-refractivity contribution in [3.05, 3.63) is 77.1 Å². The number of carbonyl (C=O) groups is 2. The molecule has 1 unspecified atom stereocenters. The smallest absolute Gasteiger partial charge is 0.217 e. The molecule has 0 aliphatic rings. The molecule has 1 aromatic heterocycles. The van der Waals surface area contributed by atoms with E-state index in [1.165, 1.54) is 29.8 Å². The lowest BCUT2D eigenvalue weighted by Gasteiger charge is -2.13. The highest BCUT2D eigenvalue weighted by molar-refractivity contribution is 7.99. The highest BCUT2D eigenvalue weighted by Gasteiger charge is 2.13. The zero-order valence-corrected chi connectivity index (χ0v) is 17.9. The Hall–Kier alpha value is -2.86. The molecule has 1 N–H and O–H groups in total. The molecule has 5 nitrogen and oxygen atoms in total. The van der Waals surface area contributed by atoms with Crippen LogP contribution in [-0.2, 0) is 4.79 Å². The molecule has 6 heteroatoms. The largest absolute Gasteiger partial charge is 0.350 e. The molecule has 0 spiro atoms. The van der Waals surface area contributed by atoms with Crippen molar-refractivity contribution in [3.8, 4) is 5.69 Å². The number of nitrogens with one attached hydrogen (secondary N) is 1. The van der Waals surface area contributed by atoms with Gasteiger partial charge in [-0.1, -0.05) is 42.1 Å². The fourth-order valence-corrected chi connectivity index (χ4v) is 4.11. The first-order valence-electron chi connectivity index (χ1n) is 9.48. The molecule has 0 saturated carbocycles. The van der Waals surface area contributed by atoms with Gasteiger partial charge < -0.3 is 5.32 Å². The fraction of sp³-hybridized carbons (Fsp3) is 0.261. The predicted octanol–water partition coefficient (Wildman–Crippen LogP) is 4.66. The van der Waals surface area contributed by atoms with Gasteiger partial charge in [-0.05, 0) is 49.6 Å². The van der Waals surface area contributed by atoms with Crippen LogP contribution in [-0.4, -0.2) is 27.0 Å². The van der Waals surface area contributed by atoms with Crippen molar-refractivity contribution in [1.82, 2.24) is 14.9 Å². The van der Waals surface area contributed by atoms with Crippen LogP contribution in [0.25, 0.3) is 5.69 Å². The van der Waals surface area contributed by atoms with Gasteiger partial charge in [0.25, 0.3) is 0 Å². The molecule has 3 rings (SSSR count). The molecule has 1 atom stereocenters. The van der Waals surface area contributed by atoms with Crippen molar-refractivity contribution in [2.24, 2.45) is 0 Å². The fourth-order valence-electron chi connectivity index (χ4n) is 3.24. The van der Waals surface area contributed by atoms with Gasteiger partial charge in [0, 0.05) is 30.6 Å². The number of nitrogens with zero attached hydrogens (tertiary/aromatic N) is 2. The first-order valence-corrected chi connectivity index (χ1v) is 10.5. The minimum absolute atomic E-state index is 0.0451. The predicted molar refractivity (Wildman–Crippen MR) is 117 cm³/mol. The number of hydrogen-bond acceptors (Lipinski definition) is 4. The van der Waals surface area contributed by atoms with E-state index in [0.29, 0.717) is 11.3 Å². The van der Waals surface area contributed by atoms with Gasteiger partial charge in [0.1, 0.15) is 0 Å². The van der Waals surface area contributed by atoms with Crippen molar-refractivity contribution >= 4 is 23.5 Å². The summed E-state index contributed by atoms with van der Waals surface area (Å²) in [7, 11) is 0. The SMILES string of the molecule is CC(=O)NC(C)c1ccc(C(=O)CSc2nccn2-c2cc(C)cc(C)c2)cc1. The molecular formula is C23H25N3O2S. The lowest BCUT2D eigenvalue weighted by atomic mass is 10.0. The Bertz CT molecular complexity index is 1000. The van der Waals surface area contributed by atoms with E-state index in [2.05, 4.69) is 42.3 Å². The summed E-state index contributed by atoms with van der Waals surface area (Å²) in [5.74, 6) is 0.277. The number of ketones is 1. The van der Waals surface area contributed by atoms with Gasteiger partial charge in [0.05, 0.1) is 11.8 Å². The van der Waals surface area contributed by atoms with Gasteiger partial charge in [0.2, 0.25) is 5.91 Å². The maximum atomic E-state index is 12.6. The quantitative estimate of drug-likeness (QED) is 0.457. The van der Waals surface area contributed by atoms with E-state index in [-0.39, 0.29) is 17.7 Å². The Morgan fingerprint density at radius 3 is 2.38 bits per heavy atom. The van der Waals surface area contributed by atoms with Crippen molar-refractivity contribution in [2.45, 2.75) is 38.9 Å². The normalized spacial score (nSPS) is 11.9. The highest BCUT2D eigenvalue weighted by atomic mass is 32.2.